The number of nitrogens with two attached hydrogens (primary N) is 1. The van der Waals surface area contributed by atoms with E-state index < -0.39 is 0 Å². The third kappa shape index (κ3) is 1.11. The molecule has 2 aromatic rings. The molecular formula is C14H18N2. The molecule has 16 heavy (non-hydrogen) atoms. The van der Waals surface area contributed by atoms with Crippen LogP contribution in [0.25, 0.3) is 10.9 Å². The topological polar surface area (TPSA) is 30.9 Å². The normalized spacial score (nSPS) is 15.0. The summed E-state index contributed by atoms with van der Waals surface area (Å²) in [7, 11) is 0. The molecule has 2 heterocycles. The van der Waals surface area contributed by atoms with Gasteiger partial charge in [0.15, 0.2) is 0 Å². The standard InChI is InChI=1S/C14H18N2/c1-9-11-6-4-5-10-7-8-16(12(10)11)13(9)14(2,3)15/h4-6H,7-8,15H2,1-3H3. The van der Waals surface area contributed by atoms with Gasteiger partial charge in [0.2, 0.25) is 0 Å². The predicted molar refractivity (Wildman–Crippen MR) is 67.6 cm³/mol. The van der Waals surface area contributed by atoms with E-state index in [1.807, 2.05) is 0 Å². The van der Waals surface area contributed by atoms with E-state index in [4.69, 9.17) is 5.73 Å². The van der Waals surface area contributed by atoms with Crippen molar-refractivity contribution in [2.75, 3.05) is 0 Å². The van der Waals surface area contributed by atoms with Gasteiger partial charge in [-0.15, -0.1) is 0 Å². The molecule has 0 aliphatic carbocycles. The van der Waals surface area contributed by atoms with E-state index in [1.165, 1.54) is 27.7 Å². The molecule has 0 saturated heterocycles. The van der Waals surface area contributed by atoms with Gasteiger partial charge in [-0.2, -0.15) is 0 Å². The highest BCUT2D eigenvalue weighted by Crippen LogP contribution is 2.36. The zero-order chi connectivity index (χ0) is 11.5. The predicted octanol–water partition coefficient (Wildman–Crippen LogP) is 2.70. The second-order valence-electron chi connectivity index (χ2n) is 5.41. The highest BCUT2D eigenvalue weighted by atomic mass is 15.0. The smallest absolute Gasteiger partial charge is 0.0519 e. The third-order valence-corrected chi connectivity index (χ3v) is 3.63. The molecule has 2 heteroatoms. The van der Waals surface area contributed by atoms with Gasteiger partial charge in [-0.25, -0.2) is 0 Å². The van der Waals surface area contributed by atoms with Crippen molar-refractivity contribution in [2.24, 2.45) is 5.73 Å². The largest absolute Gasteiger partial charge is 0.342 e. The van der Waals surface area contributed by atoms with E-state index >= 15 is 0 Å². The molecule has 0 saturated carbocycles. The van der Waals surface area contributed by atoms with Crippen LogP contribution in [0.1, 0.15) is 30.7 Å². The maximum Gasteiger partial charge on any atom is 0.0519 e. The van der Waals surface area contributed by atoms with E-state index in [2.05, 4.69) is 43.5 Å². The molecule has 2 N–H and O–H groups in total. The Morgan fingerprint density at radius 1 is 1.31 bits per heavy atom. The molecule has 0 atom stereocenters. The number of hydrogen-bond donors (Lipinski definition) is 1. The Kier molecular flexibility index (Phi) is 1.79. The molecule has 0 spiro atoms. The van der Waals surface area contributed by atoms with Crippen molar-refractivity contribution in [3.05, 3.63) is 35.0 Å². The Labute approximate surface area is 96.1 Å². The van der Waals surface area contributed by atoms with Crippen molar-refractivity contribution in [1.29, 1.82) is 0 Å². The Hall–Kier alpha value is -1.28. The zero-order valence-electron chi connectivity index (χ0n) is 10.2. The first-order valence-electron chi connectivity index (χ1n) is 5.90. The minimum atomic E-state index is -0.259. The van der Waals surface area contributed by atoms with Crippen LogP contribution in [0.4, 0.5) is 0 Å². The lowest BCUT2D eigenvalue weighted by Gasteiger charge is -2.22. The summed E-state index contributed by atoms with van der Waals surface area (Å²) in [4.78, 5) is 0. The number of benzene rings is 1. The van der Waals surface area contributed by atoms with Crippen LogP contribution in [0.15, 0.2) is 18.2 Å². The average Bonchev–Trinajstić information content (AvgIpc) is 2.71. The van der Waals surface area contributed by atoms with Crippen LogP contribution < -0.4 is 5.73 Å². The van der Waals surface area contributed by atoms with Gasteiger partial charge in [0, 0.05) is 17.6 Å². The third-order valence-electron chi connectivity index (χ3n) is 3.63. The summed E-state index contributed by atoms with van der Waals surface area (Å²) in [6, 6.07) is 6.61. The van der Waals surface area contributed by atoms with Crippen LogP contribution in [0.2, 0.25) is 0 Å². The van der Waals surface area contributed by atoms with Crippen molar-refractivity contribution in [3.63, 3.8) is 0 Å². The van der Waals surface area contributed by atoms with Gasteiger partial charge in [-0.3, -0.25) is 0 Å². The maximum atomic E-state index is 6.30. The van der Waals surface area contributed by atoms with E-state index in [0.717, 1.165) is 13.0 Å². The van der Waals surface area contributed by atoms with Crippen LogP contribution in [0, 0.1) is 6.92 Å². The first-order valence-corrected chi connectivity index (χ1v) is 5.90. The summed E-state index contributed by atoms with van der Waals surface area (Å²) in [6.45, 7) is 7.46. The molecule has 0 radical (unpaired) electrons. The van der Waals surface area contributed by atoms with Gasteiger partial charge in [-0.05, 0) is 38.3 Å². The number of nitrogens with zero attached hydrogens (tertiary/aromatic N) is 1. The highest BCUT2D eigenvalue weighted by molar-refractivity contribution is 5.89. The molecule has 1 aromatic heterocycles. The monoisotopic (exact) mass is 214 g/mol. The zero-order valence-corrected chi connectivity index (χ0v) is 10.2. The summed E-state index contributed by atoms with van der Waals surface area (Å²) in [6.07, 6.45) is 1.15. The summed E-state index contributed by atoms with van der Waals surface area (Å²) < 4.78 is 2.42. The Morgan fingerprint density at radius 2 is 2.06 bits per heavy atom. The highest BCUT2D eigenvalue weighted by Gasteiger charge is 2.28. The van der Waals surface area contributed by atoms with E-state index in [9.17, 15) is 0 Å². The Bertz CT molecular complexity index is 570. The molecular weight excluding hydrogens is 196 g/mol. The van der Waals surface area contributed by atoms with Crippen LogP contribution in [0.3, 0.4) is 0 Å². The molecule has 1 aliphatic rings. The fourth-order valence-corrected chi connectivity index (χ4v) is 3.14. The summed E-state index contributed by atoms with van der Waals surface area (Å²) in [5, 5.41) is 1.38. The molecule has 0 fully saturated rings. The second kappa shape index (κ2) is 2.89. The fraction of sp³-hybridized carbons (Fsp3) is 0.429. The minimum Gasteiger partial charge on any atom is -0.342 e. The quantitative estimate of drug-likeness (QED) is 0.777. The summed E-state index contributed by atoms with van der Waals surface area (Å²) in [5.41, 5.74) is 11.6. The SMILES string of the molecule is Cc1c(C(C)(C)N)n2c3c(cccc13)CC2. The molecule has 1 aromatic carbocycles. The second-order valence-corrected chi connectivity index (χ2v) is 5.41. The van der Waals surface area contributed by atoms with Gasteiger partial charge in [0.1, 0.15) is 0 Å². The van der Waals surface area contributed by atoms with E-state index in [1.54, 1.807) is 0 Å². The van der Waals surface area contributed by atoms with Crippen LogP contribution >= 0.6 is 0 Å². The minimum absolute atomic E-state index is 0.259. The molecule has 3 rings (SSSR count). The number of aryl methyl sites for hydroxylation is 3. The lowest BCUT2D eigenvalue weighted by molar-refractivity contribution is 0.500. The molecule has 0 amide bonds. The lowest BCUT2D eigenvalue weighted by Crippen LogP contribution is -2.32. The lowest BCUT2D eigenvalue weighted by atomic mass is 9.97. The fourth-order valence-electron chi connectivity index (χ4n) is 3.14. The van der Waals surface area contributed by atoms with Crippen molar-refractivity contribution >= 4 is 10.9 Å². The van der Waals surface area contributed by atoms with E-state index in [-0.39, 0.29) is 5.54 Å². The average molecular weight is 214 g/mol. The number of para-hydroxylation sites is 1. The molecule has 2 nitrogen and oxygen atoms in total. The van der Waals surface area contributed by atoms with Gasteiger partial charge in [-0.1, -0.05) is 18.2 Å². The molecule has 0 bridgehead atoms. The van der Waals surface area contributed by atoms with Crippen molar-refractivity contribution in [1.82, 2.24) is 4.57 Å². The van der Waals surface area contributed by atoms with Gasteiger partial charge in [0.25, 0.3) is 0 Å². The summed E-state index contributed by atoms with van der Waals surface area (Å²) >= 11 is 0. The van der Waals surface area contributed by atoms with Crippen molar-refractivity contribution in [2.45, 2.75) is 39.3 Å². The number of rotatable bonds is 1. The Balaban J connectivity index is 2.47. The van der Waals surface area contributed by atoms with Crippen LogP contribution in [-0.2, 0) is 18.5 Å². The Morgan fingerprint density at radius 3 is 2.75 bits per heavy atom. The van der Waals surface area contributed by atoms with Crippen LogP contribution in [-0.4, -0.2) is 4.57 Å². The van der Waals surface area contributed by atoms with E-state index in [0.29, 0.717) is 0 Å². The number of hydrogen-bond acceptors (Lipinski definition) is 1. The van der Waals surface area contributed by atoms with Crippen molar-refractivity contribution in [3.8, 4) is 0 Å². The van der Waals surface area contributed by atoms with Crippen LogP contribution in [0.5, 0.6) is 0 Å². The molecule has 1 aliphatic heterocycles. The maximum absolute atomic E-state index is 6.30. The number of aromatic nitrogens is 1. The first kappa shape index (κ1) is 9.91. The molecule has 84 valence electrons. The molecule has 0 unspecified atom stereocenters. The van der Waals surface area contributed by atoms with Gasteiger partial charge in [0.05, 0.1) is 11.1 Å². The van der Waals surface area contributed by atoms with Crippen molar-refractivity contribution < 1.29 is 0 Å². The first-order chi connectivity index (χ1) is 7.50. The summed E-state index contributed by atoms with van der Waals surface area (Å²) in [5.74, 6) is 0. The van der Waals surface area contributed by atoms with Gasteiger partial charge < -0.3 is 10.3 Å². The van der Waals surface area contributed by atoms with Gasteiger partial charge >= 0.3 is 0 Å².